The molecular formula is C15H20N2O2. The molecule has 1 heterocycles. The highest BCUT2D eigenvalue weighted by atomic mass is 16.5. The Morgan fingerprint density at radius 1 is 1.47 bits per heavy atom. The van der Waals surface area contributed by atoms with Gasteiger partial charge in [-0.15, -0.1) is 6.58 Å². The second-order valence-corrected chi connectivity index (χ2v) is 6.12. The third-order valence-electron chi connectivity index (χ3n) is 5.21. The number of ether oxygens (including phenoxy) is 1. The molecule has 1 spiro atoms. The van der Waals surface area contributed by atoms with E-state index in [2.05, 4.69) is 18.0 Å². The number of carbonyl (C=O) groups excluding carboxylic acids is 1. The lowest BCUT2D eigenvalue weighted by atomic mass is 9.91. The fraction of sp³-hybridized carbons (Fsp3) is 0.733. The van der Waals surface area contributed by atoms with Crippen LogP contribution in [0.2, 0.25) is 0 Å². The second-order valence-electron chi connectivity index (χ2n) is 6.12. The van der Waals surface area contributed by atoms with Gasteiger partial charge in [0, 0.05) is 12.0 Å². The van der Waals surface area contributed by atoms with Crippen LogP contribution in [0.3, 0.4) is 0 Å². The number of hydrogen-bond acceptors (Lipinski definition) is 3. The van der Waals surface area contributed by atoms with Crippen molar-refractivity contribution in [3.8, 4) is 6.07 Å². The Morgan fingerprint density at radius 2 is 2.21 bits per heavy atom. The van der Waals surface area contributed by atoms with Gasteiger partial charge in [-0.25, -0.2) is 0 Å². The van der Waals surface area contributed by atoms with Gasteiger partial charge in [-0.3, -0.25) is 4.79 Å². The molecule has 2 saturated carbocycles. The van der Waals surface area contributed by atoms with Crippen molar-refractivity contribution in [3.63, 3.8) is 0 Å². The van der Waals surface area contributed by atoms with Crippen LogP contribution in [0.1, 0.15) is 38.5 Å². The summed E-state index contributed by atoms with van der Waals surface area (Å²) in [6.07, 6.45) is 7.52. The number of carbonyl (C=O) groups is 1. The second kappa shape index (κ2) is 4.35. The highest BCUT2D eigenvalue weighted by Crippen LogP contribution is 2.71. The summed E-state index contributed by atoms with van der Waals surface area (Å²) < 4.78 is 5.48. The molecule has 1 N–H and O–H groups in total. The van der Waals surface area contributed by atoms with Crippen LogP contribution in [0.4, 0.5) is 0 Å². The number of nitriles is 1. The average Bonchev–Trinajstić information content (AvgIpc) is 2.75. The van der Waals surface area contributed by atoms with Crippen LogP contribution in [0, 0.1) is 22.2 Å². The van der Waals surface area contributed by atoms with E-state index in [0.29, 0.717) is 6.61 Å². The molecule has 4 heteroatoms. The quantitative estimate of drug-likeness (QED) is 0.789. The largest absolute Gasteiger partial charge is 0.372 e. The Morgan fingerprint density at radius 3 is 2.84 bits per heavy atom. The Bertz CT molecular complexity index is 448. The standard InChI is InChI=1S/C15H20N2O2/c1-2-12-11(5-8-19-12)17-13(18)15(10-16)9-14(15)6-3-4-7-14/h2,11-12H,1,3-9H2,(H,17,18)/t11-,12+,15-/m1/s1. The summed E-state index contributed by atoms with van der Waals surface area (Å²) in [5, 5.41) is 12.5. The fourth-order valence-electron chi connectivity index (χ4n) is 3.94. The molecule has 1 amide bonds. The van der Waals surface area contributed by atoms with Crippen molar-refractivity contribution in [2.24, 2.45) is 10.8 Å². The maximum Gasteiger partial charge on any atom is 0.241 e. The molecule has 0 unspecified atom stereocenters. The van der Waals surface area contributed by atoms with Gasteiger partial charge in [0.1, 0.15) is 5.41 Å². The van der Waals surface area contributed by atoms with Gasteiger partial charge in [0.2, 0.25) is 5.91 Å². The van der Waals surface area contributed by atoms with Gasteiger partial charge >= 0.3 is 0 Å². The zero-order chi connectivity index (χ0) is 13.5. The molecule has 1 aliphatic heterocycles. The minimum atomic E-state index is -0.766. The van der Waals surface area contributed by atoms with Gasteiger partial charge in [-0.05, 0) is 25.7 Å². The van der Waals surface area contributed by atoms with Crippen LogP contribution in [-0.4, -0.2) is 24.7 Å². The van der Waals surface area contributed by atoms with Crippen molar-refractivity contribution in [3.05, 3.63) is 12.7 Å². The van der Waals surface area contributed by atoms with Crippen molar-refractivity contribution in [2.45, 2.75) is 50.7 Å². The molecule has 3 atom stereocenters. The van der Waals surface area contributed by atoms with Crippen LogP contribution < -0.4 is 5.32 Å². The van der Waals surface area contributed by atoms with Crippen molar-refractivity contribution in [2.75, 3.05) is 6.61 Å². The molecule has 0 bridgehead atoms. The van der Waals surface area contributed by atoms with E-state index in [9.17, 15) is 10.1 Å². The van der Waals surface area contributed by atoms with E-state index in [0.717, 1.165) is 38.5 Å². The van der Waals surface area contributed by atoms with Gasteiger partial charge < -0.3 is 10.1 Å². The Kier molecular flexibility index (Phi) is 2.90. The first-order valence-corrected chi connectivity index (χ1v) is 7.14. The van der Waals surface area contributed by atoms with Crippen molar-refractivity contribution >= 4 is 5.91 Å². The van der Waals surface area contributed by atoms with E-state index in [-0.39, 0.29) is 23.5 Å². The maximum atomic E-state index is 12.5. The topological polar surface area (TPSA) is 62.1 Å². The van der Waals surface area contributed by atoms with Gasteiger partial charge in [-0.1, -0.05) is 18.9 Å². The molecule has 0 aromatic carbocycles. The molecule has 0 aromatic heterocycles. The first kappa shape index (κ1) is 12.7. The van der Waals surface area contributed by atoms with Gasteiger partial charge in [-0.2, -0.15) is 5.26 Å². The third kappa shape index (κ3) is 1.72. The highest BCUT2D eigenvalue weighted by Gasteiger charge is 2.73. The van der Waals surface area contributed by atoms with E-state index in [1.165, 1.54) is 0 Å². The number of hydrogen-bond donors (Lipinski definition) is 1. The fourth-order valence-corrected chi connectivity index (χ4v) is 3.94. The van der Waals surface area contributed by atoms with Crippen LogP contribution in [0.15, 0.2) is 12.7 Å². The molecule has 1 saturated heterocycles. The molecule has 4 nitrogen and oxygen atoms in total. The van der Waals surface area contributed by atoms with Gasteiger partial charge in [0.25, 0.3) is 0 Å². The van der Waals surface area contributed by atoms with Crippen LogP contribution in [0.25, 0.3) is 0 Å². The Hall–Kier alpha value is -1.34. The lowest BCUT2D eigenvalue weighted by Gasteiger charge is -2.21. The average molecular weight is 260 g/mol. The monoisotopic (exact) mass is 260 g/mol. The SMILES string of the molecule is C=C[C@@H]1OCC[C@H]1NC(=O)[C@]1(C#N)CC12CCCC2. The van der Waals surface area contributed by atoms with Gasteiger partial charge in [0.05, 0.1) is 18.2 Å². The zero-order valence-corrected chi connectivity index (χ0v) is 11.2. The Balaban J connectivity index is 1.71. The smallest absolute Gasteiger partial charge is 0.241 e. The molecule has 3 fully saturated rings. The minimum absolute atomic E-state index is 0.0189. The lowest BCUT2D eigenvalue weighted by Crippen LogP contribution is -2.44. The Labute approximate surface area is 113 Å². The van der Waals surface area contributed by atoms with Crippen molar-refractivity contribution in [1.82, 2.24) is 5.32 Å². The number of nitrogens with zero attached hydrogens (tertiary/aromatic N) is 1. The molecule has 2 aliphatic carbocycles. The minimum Gasteiger partial charge on any atom is -0.372 e. The lowest BCUT2D eigenvalue weighted by molar-refractivity contribution is -0.126. The summed E-state index contributed by atoms with van der Waals surface area (Å²) >= 11 is 0. The summed E-state index contributed by atoms with van der Waals surface area (Å²) in [7, 11) is 0. The van der Waals surface area contributed by atoms with Crippen LogP contribution in [0.5, 0.6) is 0 Å². The highest BCUT2D eigenvalue weighted by molar-refractivity contribution is 5.90. The predicted octanol–water partition coefficient (Wildman–Crippen LogP) is 1.92. The van der Waals surface area contributed by atoms with Crippen LogP contribution in [-0.2, 0) is 9.53 Å². The van der Waals surface area contributed by atoms with E-state index < -0.39 is 5.41 Å². The van der Waals surface area contributed by atoms with E-state index in [1.54, 1.807) is 6.08 Å². The molecular weight excluding hydrogens is 240 g/mol. The molecule has 0 radical (unpaired) electrons. The third-order valence-corrected chi connectivity index (χ3v) is 5.21. The molecule has 0 aromatic rings. The summed E-state index contributed by atoms with van der Waals surface area (Å²) in [6, 6.07) is 2.29. The van der Waals surface area contributed by atoms with Crippen molar-refractivity contribution < 1.29 is 9.53 Å². The molecule has 19 heavy (non-hydrogen) atoms. The first-order chi connectivity index (χ1) is 9.17. The normalized spacial score (nSPS) is 38.9. The van der Waals surface area contributed by atoms with Crippen molar-refractivity contribution in [1.29, 1.82) is 5.26 Å². The van der Waals surface area contributed by atoms with E-state index in [1.807, 2.05) is 0 Å². The molecule has 3 rings (SSSR count). The predicted molar refractivity (Wildman–Crippen MR) is 70.0 cm³/mol. The first-order valence-electron chi connectivity index (χ1n) is 7.14. The van der Waals surface area contributed by atoms with E-state index >= 15 is 0 Å². The zero-order valence-electron chi connectivity index (χ0n) is 11.2. The summed E-state index contributed by atoms with van der Waals surface area (Å²) in [5.41, 5.74) is -0.785. The van der Waals surface area contributed by atoms with Gasteiger partial charge in [0.15, 0.2) is 0 Å². The van der Waals surface area contributed by atoms with E-state index in [4.69, 9.17) is 4.74 Å². The summed E-state index contributed by atoms with van der Waals surface area (Å²) in [4.78, 5) is 12.5. The number of nitrogens with one attached hydrogen (secondary N) is 1. The summed E-state index contributed by atoms with van der Waals surface area (Å²) in [6.45, 7) is 4.37. The van der Waals surface area contributed by atoms with Crippen LogP contribution >= 0.6 is 0 Å². The molecule has 3 aliphatic rings. The maximum absolute atomic E-state index is 12.5. The molecule has 102 valence electrons. The number of amides is 1. The summed E-state index contributed by atoms with van der Waals surface area (Å²) in [5.74, 6) is -0.0840. The number of rotatable bonds is 3.